The number of rotatable bonds is 11. The summed E-state index contributed by atoms with van der Waals surface area (Å²) in [7, 11) is 0. The van der Waals surface area contributed by atoms with Crippen LogP contribution in [0.4, 0.5) is 9.18 Å². The lowest BCUT2D eigenvalue weighted by Gasteiger charge is -2.55. The molecule has 0 saturated carbocycles. The van der Waals surface area contributed by atoms with E-state index in [1.54, 1.807) is 43.7 Å². The predicted octanol–water partition coefficient (Wildman–Crippen LogP) is 2.92. The maximum absolute atomic E-state index is 13.6. The van der Waals surface area contributed by atoms with Crippen molar-refractivity contribution >= 4 is 29.6 Å². The number of amides is 4. The number of urea groups is 1. The van der Waals surface area contributed by atoms with Gasteiger partial charge in [0.05, 0.1) is 26.3 Å². The van der Waals surface area contributed by atoms with Gasteiger partial charge in [0.25, 0.3) is 0 Å². The molecule has 39 heavy (non-hydrogen) atoms. The number of likely N-dealkylation sites (N-methyl/N-ethyl adjacent to an activating group) is 1. The summed E-state index contributed by atoms with van der Waals surface area (Å²) in [4.78, 5) is 43.7. The van der Waals surface area contributed by atoms with Crippen LogP contribution >= 0.6 is 11.8 Å². The third kappa shape index (κ3) is 7.09. The van der Waals surface area contributed by atoms with E-state index in [1.165, 1.54) is 12.1 Å². The number of thioether (sulfide) groups is 1. The molecule has 2 aliphatic rings. The Morgan fingerprint density at radius 1 is 1.13 bits per heavy atom. The van der Waals surface area contributed by atoms with Gasteiger partial charge in [0.15, 0.2) is 0 Å². The number of hydrogen-bond acceptors (Lipinski definition) is 6. The zero-order valence-electron chi connectivity index (χ0n) is 22.4. The Kier molecular flexibility index (Phi) is 10.2. The molecule has 11 heteroatoms. The highest BCUT2D eigenvalue weighted by molar-refractivity contribution is 7.98. The molecule has 1 N–H and O–H groups in total. The number of nitrogens with one attached hydrogen (secondary N) is 1. The van der Waals surface area contributed by atoms with Crippen LogP contribution in [0.1, 0.15) is 24.5 Å². The number of halogens is 1. The monoisotopic (exact) mass is 557 g/mol. The van der Waals surface area contributed by atoms with Crippen LogP contribution in [0.25, 0.3) is 0 Å². The average Bonchev–Trinajstić information content (AvgIpc) is 2.94. The standard InChI is InChI=1S/C28H36FN5O4S/c1-3-32-19-26(35)33-24(12-15-39-2)27(36)31(13-14-38-20-22-10-7-11-23(29)16-22)18-25(33)34(32)28(37)30-17-21-8-5-4-6-9-21/h4-11,16,24-25H,3,12-15,17-20H2,1-2H3,(H,30,37)/t24-,25-/m0/s1. The molecule has 2 aromatic rings. The average molecular weight is 558 g/mol. The highest BCUT2D eigenvalue weighted by Gasteiger charge is 2.50. The maximum Gasteiger partial charge on any atom is 0.334 e. The molecule has 4 amide bonds. The molecule has 210 valence electrons. The van der Waals surface area contributed by atoms with Crippen molar-refractivity contribution in [2.24, 2.45) is 0 Å². The summed E-state index contributed by atoms with van der Waals surface area (Å²) < 4.78 is 19.2. The Balaban J connectivity index is 1.50. The number of piperazine rings is 1. The van der Waals surface area contributed by atoms with Gasteiger partial charge in [-0.15, -0.1) is 0 Å². The maximum atomic E-state index is 13.6. The fraction of sp³-hybridized carbons (Fsp3) is 0.464. The van der Waals surface area contributed by atoms with Crippen LogP contribution in [0.2, 0.25) is 0 Å². The second kappa shape index (κ2) is 13.8. The van der Waals surface area contributed by atoms with Crippen molar-refractivity contribution in [3.05, 3.63) is 71.5 Å². The van der Waals surface area contributed by atoms with Gasteiger partial charge in [0, 0.05) is 19.6 Å². The molecule has 0 unspecified atom stereocenters. The molecule has 4 rings (SSSR count). The van der Waals surface area contributed by atoms with Gasteiger partial charge in [0.1, 0.15) is 18.0 Å². The zero-order valence-corrected chi connectivity index (χ0v) is 23.2. The molecule has 0 radical (unpaired) electrons. The Hall–Kier alpha value is -3.15. The van der Waals surface area contributed by atoms with Gasteiger partial charge in [-0.2, -0.15) is 11.8 Å². The lowest BCUT2D eigenvalue weighted by atomic mass is 10.0. The Morgan fingerprint density at radius 3 is 2.62 bits per heavy atom. The topological polar surface area (TPSA) is 85.4 Å². The van der Waals surface area contributed by atoms with E-state index in [4.69, 9.17) is 4.74 Å². The number of nitrogens with zero attached hydrogens (tertiary/aromatic N) is 4. The summed E-state index contributed by atoms with van der Waals surface area (Å²) in [6.45, 7) is 3.70. The minimum atomic E-state index is -0.657. The summed E-state index contributed by atoms with van der Waals surface area (Å²) in [6.07, 6.45) is 1.83. The molecule has 2 atom stereocenters. The van der Waals surface area contributed by atoms with Crippen LogP contribution in [0.15, 0.2) is 54.6 Å². The normalized spacial score (nSPS) is 19.8. The molecule has 0 aliphatic carbocycles. The van der Waals surface area contributed by atoms with Crippen LogP contribution in [-0.2, 0) is 27.5 Å². The van der Waals surface area contributed by atoms with Crippen LogP contribution in [0.5, 0.6) is 0 Å². The number of ether oxygens (including phenoxy) is 1. The van der Waals surface area contributed by atoms with Crippen LogP contribution < -0.4 is 5.32 Å². The summed E-state index contributed by atoms with van der Waals surface area (Å²) in [5, 5.41) is 6.33. The third-order valence-electron chi connectivity index (χ3n) is 6.95. The Bertz CT molecular complexity index is 1140. The van der Waals surface area contributed by atoms with Crippen molar-refractivity contribution in [1.82, 2.24) is 25.1 Å². The van der Waals surface area contributed by atoms with Crippen molar-refractivity contribution < 1.29 is 23.5 Å². The van der Waals surface area contributed by atoms with Gasteiger partial charge in [-0.1, -0.05) is 49.4 Å². The summed E-state index contributed by atoms with van der Waals surface area (Å²) in [5.41, 5.74) is 1.68. The van der Waals surface area contributed by atoms with Crippen molar-refractivity contribution in [2.45, 2.75) is 38.7 Å². The Morgan fingerprint density at radius 2 is 1.90 bits per heavy atom. The Labute approximate surface area is 233 Å². The van der Waals surface area contributed by atoms with Gasteiger partial charge in [0.2, 0.25) is 11.8 Å². The molecule has 2 fully saturated rings. The highest BCUT2D eigenvalue weighted by Crippen LogP contribution is 2.28. The zero-order chi connectivity index (χ0) is 27.8. The van der Waals surface area contributed by atoms with Crippen LogP contribution in [-0.4, -0.2) is 94.7 Å². The van der Waals surface area contributed by atoms with E-state index in [-0.39, 0.29) is 50.0 Å². The van der Waals surface area contributed by atoms with E-state index >= 15 is 0 Å². The summed E-state index contributed by atoms with van der Waals surface area (Å²) in [5.74, 6) is 0.0780. The molecule has 2 aromatic carbocycles. The number of hydrazine groups is 1. The summed E-state index contributed by atoms with van der Waals surface area (Å²) in [6, 6.07) is 14.9. The van der Waals surface area contributed by atoms with Crippen molar-refractivity contribution in [3.63, 3.8) is 0 Å². The van der Waals surface area contributed by atoms with Crippen molar-refractivity contribution in [3.8, 4) is 0 Å². The lowest BCUT2D eigenvalue weighted by Crippen LogP contribution is -2.76. The van der Waals surface area contributed by atoms with E-state index in [0.29, 0.717) is 37.4 Å². The molecule has 0 spiro atoms. The quantitative estimate of drug-likeness (QED) is 0.428. The third-order valence-corrected chi connectivity index (χ3v) is 7.59. The minimum Gasteiger partial charge on any atom is -0.375 e. The predicted molar refractivity (Wildman–Crippen MR) is 148 cm³/mol. The van der Waals surface area contributed by atoms with Gasteiger partial charge in [-0.3, -0.25) is 9.59 Å². The molecule has 2 saturated heterocycles. The molecule has 9 nitrogen and oxygen atoms in total. The van der Waals surface area contributed by atoms with E-state index in [9.17, 15) is 18.8 Å². The van der Waals surface area contributed by atoms with Gasteiger partial charge in [-0.05, 0) is 41.7 Å². The molecular formula is C28H36FN5O4S. The van der Waals surface area contributed by atoms with Gasteiger partial charge >= 0.3 is 6.03 Å². The number of benzene rings is 2. The van der Waals surface area contributed by atoms with Gasteiger partial charge in [-0.25, -0.2) is 19.2 Å². The molecule has 0 bridgehead atoms. The first-order valence-corrected chi connectivity index (χ1v) is 14.6. The van der Waals surface area contributed by atoms with Crippen molar-refractivity contribution in [1.29, 1.82) is 0 Å². The number of carbonyl (C=O) groups excluding carboxylic acids is 3. The number of carbonyl (C=O) groups is 3. The smallest absolute Gasteiger partial charge is 0.334 e. The van der Waals surface area contributed by atoms with Crippen molar-refractivity contribution in [2.75, 3.05) is 44.8 Å². The van der Waals surface area contributed by atoms with E-state index in [2.05, 4.69) is 5.32 Å². The second-order valence-corrected chi connectivity index (χ2v) is 10.5. The molecule has 2 aliphatic heterocycles. The summed E-state index contributed by atoms with van der Waals surface area (Å²) >= 11 is 1.61. The fourth-order valence-electron chi connectivity index (χ4n) is 5.02. The lowest BCUT2D eigenvalue weighted by molar-refractivity contribution is -0.190. The van der Waals surface area contributed by atoms with Gasteiger partial charge < -0.3 is 19.9 Å². The molecule has 0 aromatic heterocycles. The van der Waals surface area contributed by atoms with E-state index < -0.39 is 12.2 Å². The first-order valence-electron chi connectivity index (χ1n) is 13.2. The molecule has 2 heterocycles. The first-order chi connectivity index (χ1) is 18.9. The van der Waals surface area contributed by atoms with E-state index in [1.807, 2.05) is 43.5 Å². The highest BCUT2D eigenvalue weighted by atomic mass is 32.2. The fourth-order valence-corrected chi connectivity index (χ4v) is 5.48. The SMILES string of the molecule is CCN1CC(=O)N2[C@@H](CCSC)C(=O)N(CCOCc3cccc(F)c3)C[C@@H]2N1C(=O)NCc1ccccc1. The minimum absolute atomic E-state index is 0.0333. The van der Waals surface area contributed by atoms with E-state index in [0.717, 1.165) is 5.56 Å². The van der Waals surface area contributed by atoms with Crippen LogP contribution in [0.3, 0.4) is 0 Å². The second-order valence-electron chi connectivity index (χ2n) is 9.52. The first kappa shape index (κ1) is 28.8. The number of hydrogen-bond donors (Lipinski definition) is 1. The number of fused-ring (bicyclic) bond motifs is 1. The molecular weight excluding hydrogens is 521 g/mol. The van der Waals surface area contributed by atoms with Crippen LogP contribution in [0, 0.1) is 5.82 Å². The largest absolute Gasteiger partial charge is 0.375 e.